The number of aryl methyl sites for hydroxylation is 2. The molecule has 1 aromatic carbocycles. The summed E-state index contributed by atoms with van der Waals surface area (Å²) in [6, 6.07) is 7.20. The lowest BCUT2D eigenvalue weighted by Gasteiger charge is -2.01. The van der Waals surface area contributed by atoms with Gasteiger partial charge in [0.15, 0.2) is 0 Å². The van der Waals surface area contributed by atoms with E-state index >= 15 is 0 Å². The Kier molecular flexibility index (Phi) is 3.14. The first-order chi connectivity index (χ1) is 9.50. The van der Waals surface area contributed by atoms with E-state index in [1.165, 1.54) is 11.3 Å². The van der Waals surface area contributed by atoms with Crippen molar-refractivity contribution >= 4 is 44.1 Å². The Morgan fingerprint density at radius 1 is 1.15 bits per heavy atom. The molecule has 0 amide bonds. The molecule has 0 unspecified atom stereocenters. The fourth-order valence-electron chi connectivity index (χ4n) is 2.23. The van der Waals surface area contributed by atoms with Crippen LogP contribution in [-0.2, 0) is 14.1 Å². The zero-order valence-corrected chi connectivity index (χ0v) is 13.3. The zero-order chi connectivity index (χ0) is 14.4. The molecule has 0 aliphatic heterocycles. The number of fused-ring (bicyclic) bond motifs is 1. The highest BCUT2D eigenvalue weighted by Crippen LogP contribution is 2.26. The van der Waals surface area contributed by atoms with Crippen molar-refractivity contribution in [3.05, 3.63) is 55.0 Å². The second kappa shape index (κ2) is 4.71. The maximum absolute atomic E-state index is 12.5. The van der Waals surface area contributed by atoms with Crippen LogP contribution < -0.4 is 5.69 Å². The quantitative estimate of drug-likeness (QED) is 0.667. The van der Waals surface area contributed by atoms with Crippen LogP contribution in [0.3, 0.4) is 0 Å². The maximum atomic E-state index is 12.5. The van der Waals surface area contributed by atoms with E-state index in [1.54, 1.807) is 35.4 Å². The number of rotatable bonds is 2. The number of hydrogen-bond donors (Lipinski definition) is 0. The lowest BCUT2D eigenvalue weighted by atomic mass is 10.1. The third-order valence-corrected chi connectivity index (χ3v) is 5.19. The minimum absolute atomic E-state index is 0.0370. The van der Waals surface area contributed by atoms with Crippen LogP contribution in [0.15, 0.2) is 38.9 Å². The van der Waals surface area contributed by atoms with Gasteiger partial charge in [0.25, 0.3) is 0 Å². The number of aromatic nitrogens is 2. The summed E-state index contributed by atoms with van der Waals surface area (Å²) in [4.78, 5) is 25.0. The minimum Gasteiger partial charge on any atom is -0.295 e. The number of ketones is 1. The van der Waals surface area contributed by atoms with Crippen LogP contribution >= 0.6 is 27.3 Å². The topological polar surface area (TPSA) is 44.0 Å². The molecule has 0 bridgehead atoms. The first-order valence-electron chi connectivity index (χ1n) is 5.94. The molecular formula is C14H11BrN2O2S. The highest BCUT2D eigenvalue weighted by Gasteiger charge is 2.16. The molecule has 0 aliphatic carbocycles. The predicted octanol–water partition coefficient (Wildman–Crippen LogP) is 2.93. The van der Waals surface area contributed by atoms with Gasteiger partial charge in [-0.15, -0.1) is 11.3 Å². The molecular weight excluding hydrogens is 340 g/mol. The van der Waals surface area contributed by atoms with Gasteiger partial charge < -0.3 is 0 Å². The highest BCUT2D eigenvalue weighted by atomic mass is 79.9. The van der Waals surface area contributed by atoms with Crippen LogP contribution in [0.4, 0.5) is 0 Å². The molecule has 0 radical (unpaired) electrons. The molecule has 2 heterocycles. The van der Waals surface area contributed by atoms with E-state index < -0.39 is 0 Å². The van der Waals surface area contributed by atoms with Crippen LogP contribution in [0.25, 0.3) is 11.0 Å². The summed E-state index contributed by atoms with van der Waals surface area (Å²) < 4.78 is 3.93. The van der Waals surface area contributed by atoms with Crippen LogP contribution in [0.5, 0.6) is 0 Å². The van der Waals surface area contributed by atoms with Crippen molar-refractivity contribution in [3.8, 4) is 0 Å². The average Bonchev–Trinajstić information content (AvgIpc) is 2.97. The van der Waals surface area contributed by atoms with E-state index in [9.17, 15) is 9.59 Å². The van der Waals surface area contributed by atoms with Gasteiger partial charge in [0.1, 0.15) is 0 Å². The van der Waals surface area contributed by atoms with E-state index in [0.717, 1.165) is 15.5 Å². The number of imidazole rings is 1. The van der Waals surface area contributed by atoms with Gasteiger partial charge in [-0.25, -0.2) is 4.79 Å². The molecule has 0 fully saturated rings. The smallest absolute Gasteiger partial charge is 0.295 e. The Labute approximate surface area is 127 Å². The van der Waals surface area contributed by atoms with Gasteiger partial charge in [0, 0.05) is 24.1 Å². The standard InChI is InChI=1S/C14H11BrN2O2S/c1-16-10-4-3-8(7-11(10)17(2)14(16)19)12(18)13-9(15)5-6-20-13/h3-7H,1-2H3. The lowest BCUT2D eigenvalue weighted by Crippen LogP contribution is -2.19. The van der Waals surface area contributed by atoms with Gasteiger partial charge in [-0.1, -0.05) is 0 Å². The van der Waals surface area contributed by atoms with Crippen molar-refractivity contribution in [2.24, 2.45) is 14.1 Å². The molecule has 0 N–H and O–H groups in total. The first-order valence-corrected chi connectivity index (χ1v) is 7.61. The van der Waals surface area contributed by atoms with Crippen molar-refractivity contribution in [1.29, 1.82) is 0 Å². The first kappa shape index (κ1) is 13.3. The molecule has 4 nitrogen and oxygen atoms in total. The fraction of sp³-hybridized carbons (Fsp3) is 0.143. The van der Waals surface area contributed by atoms with Gasteiger partial charge in [0.2, 0.25) is 5.78 Å². The number of hydrogen-bond acceptors (Lipinski definition) is 3. The summed E-state index contributed by atoms with van der Waals surface area (Å²) >= 11 is 4.77. The lowest BCUT2D eigenvalue weighted by molar-refractivity contribution is 0.104. The Balaban J connectivity index is 2.19. The van der Waals surface area contributed by atoms with Crippen molar-refractivity contribution in [2.45, 2.75) is 0 Å². The number of thiophene rings is 1. The number of carbonyl (C=O) groups excluding carboxylic acids is 1. The highest BCUT2D eigenvalue weighted by molar-refractivity contribution is 9.10. The zero-order valence-electron chi connectivity index (χ0n) is 10.9. The van der Waals surface area contributed by atoms with Gasteiger partial charge in [0.05, 0.1) is 15.9 Å². The molecule has 3 aromatic rings. The Morgan fingerprint density at radius 2 is 1.85 bits per heavy atom. The van der Waals surface area contributed by atoms with E-state index in [4.69, 9.17) is 0 Å². The van der Waals surface area contributed by atoms with E-state index in [1.807, 2.05) is 17.5 Å². The van der Waals surface area contributed by atoms with E-state index in [-0.39, 0.29) is 11.5 Å². The largest absolute Gasteiger partial charge is 0.328 e. The molecule has 0 spiro atoms. The van der Waals surface area contributed by atoms with Crippen molar-refractivity contribution in [1.82, 2.24) is 9.13 Å². The Hall–Kier alpha value is -1.66. The number of halogens is 1. The van der Waals surface area contributed by atoms with Crippen LogP contribution in [0.1, 0.15) is 15.2 Å². The summed E-state index contributed by atoms with van der Waals surface area (Å²) in [7, 11) is 3.43. The third-order valence-electron chi connectivity index (χ3n) is 3.36. The molecule has 0 atom stereocenters. The predicted molar refractivity (Wildman–Crippen MR) is 83.6 cm³/mol. The summed E-state index contributed by atoms with van der Waals surface area (Å²) in [5, 5.41) is 1.87. The molecule has 0 saturated heterocycles. The van der Waals surface area contributed by atoms with E-state index in [0.29, 0.717) is 10.4 Å². The number of nitrogens with zero attached hydrogens (tertiary/aromatic N) is 2. The second-order valence-corrected chi connectivity index (χ2v) is 6.30. The summed E-state index contributed by atoms with van der Waals surface area (Å²) in [5.74, 6) is -0.0370. The maximum Gasteiger partial charge on any atom is 0.328 e. The second-order valence-electron chi connectivity index (χ2n) is 4.53. The molecule has 3 rings (SSSR count). The van der Waals surface area contributed by atoms with Crippen LogP contribution in [0, 0.1) is 0 Å². The SMILES string of the molecule is Cn1c(=O)n(C)c2cc(C(=O)c3sccc3Br)ccc21. The van der Waals surface area contributed by atoms with Gasteiger partial charge in [-0.2, -0.15) is 0 Å². The molecule has 0 saturated carbocycles. The molecule has 20 heavy (non-hydrogen) atoms. The molecule has 0 aliphatic rings. The van der Waals surface area contributed by atoms with Gasteiger partial charge in [-0.05, 0) is 45.6 Å². The van der Waals surface area contributed by atoms with E-state index in [2.05, 4.69) is 15.9 Å². The van der Waals surface area contributed by atoms with Gasteiger partial charge in [-0.3, -0.25) is 13.9 Å². The Bertz CT molecular complexity index is 888. The molecule has 6 heteroatoms. The molecule has 2 aromatic heterocycles. The Morgan fingerprint density at radius 3 is 2.50 bits per heavy atom. The summed E-state index contributed by atoms with van der Waals surface area (Å²) in [6.07, 6.45) is 0. The fourth-order valence-corrected chi connectivity index (χ4v) is 3.75. The van der Waals surface area contributed by atoms with Crippen LogP contribution in [-0.4, -0.2) is 14.9 Å². The average molecular weight is 351 g/mol. The summed E-state index contributed by atoms with van der Waals surface area (Å²) in [6.45, 7) is 0. The van der Waals surface area contributed by atoms with Crippen LogP contribution in [0.2, 0.25) is 0 Å². The third kappa shape index (κ3) is 1.87. The normalized spacial score (nSPS) is 11.2. The molecule has 102 valence electrons. The monoisotopic (exact) mass is 350 g/mol. The number of carbonyl (C=O) groups is 1. The van der Waals surface area contributed by atoms with Crippen molar-refractivity contribution < 1.29 is 4.79 Å². The minimum atomic E-state index is -0.0955. The van der Waals surface area contributed by atoms with Gasteiger partial charge >= 0.3 is 5.69 Å². The number of benzene rings is 1. The summed E-state index contributed by atoms with van der Waals surface area (Å²) in [5.41, 5.74) is 2.07. The van der Waals surface area contributed by atoms with Crippen molar-refractivity contribution in [3.63, 3.8) is 0 Å². The van der Waals surface area contributed by atoms with Crippen molar-refractivity contribution in [2.75, 3.05) is 0 Å².